The van der Waals surface area contributed by atoms with Crippen molar-refractivity contribution in [2.24, 2.45) is 0 Å². The van der Waals surface area contributed by atoms with Crippen LogP contribution in [0, 0.1) is 0 Å². The van der Waals surface area contributed by atoms with Crippen LogP contribution in [0.1, 0.15) is 12.0 Å². The number of carbonyl (C=O) groups is 1. The average molecular weight is 294 g/mol. The fraction of sp³-hybridized carbons (Fsp3) is 0.158. The molecule has 2 aromatic rings. The molecule has 0 heterocycles. The topological polar surface area (TPSA) is 35.5 Å². The summed E-state index contributed by atoms with van der Waals surface area (Å²) in [6.45, 7) is 1.18. The van der Waals surface area contributed by atoms with Gasteiger partial charge in [0.15, 0.2) is 0 Å². The van der Waals surface area contributed by atoms with Gasteiger partial charge in [0.1, 0.15) is 5.75 Å². The number of para-hydroxylation sites is 1. The predicted molar refractivity (Wildman–Crippen MR) is 85.4 cm³/mol. The summed E-state index contributed by atoms with van der Waals surface area (Å²) in [6.07, 6.45) is 3.74. The number of benzene rings is 2. The van der Waals surface area contributed by atoms with E-state index in [1.165, 1.54) is 6.08 Å². The van der Waals surface area contributed by atoms with Gasteiger partial charge in [0.2, 0.25) is 0 Å². The number of hydrogen-bond acceptors (Lipinski definition) is 3. The zero-order valence-electron chi connectivity index (χ0n) is 12.3. The van der Waals surface area contributed by atoms with Crippen LogP contribution in [-0.4, -0.2) is 12.6 Å². The Morgan fingerprint density at radius 2 is 1.68 bits per heavy atom. The number of hydrogen-bond donors (Lipinski definition) is 0. The van der Waals surface area contributed by atoms with E-state index in [1.54, 1.807) is 18.2 Å². The summed E-state index contributed by atoms with van der Waals surface area (Å²) >= 11 is 0. The van der Waals surface area contributed by atoms with Gasteiger partial charge >= 0.3 is 5.97 Å². The summed E-state index contributed by atoms with van der Waals surface area (Å²) in [5.41, 5.74) is 3.95. The number of ether oxygens (including phenoxy) is 2. The van der Waals surface area contributed by atoms with Crippen molar-refractivity contribution in [3.63, 3.8) is 0 Å². The standard InChI is InChI=1S/C19H18O3/c20-19(22-18-12-6-2-7-13-18)14-8-3-9-15-21-16-17-10-4-1-5-11-17/h1-7,10-14H,9,15-16H2. The molecule has 0 aliphatic carbocycles. The van der Waals surface area contributed by atoms with E-state index in [1.807, 2.05) is 48.5 Å². The minimum atomic E-state index is -0.437. The van der Waals surface area contributed by atoms with Crippen LogP contribution in [0.5, 0.6) is 5.75 Å². The van der Waals surface area contributed by atoms with Crippen LogP contribution < -0.4 is 4.74 Å². The normalized spacial score (nSPS) is 9.64. The Bertz CT molecular complexity index is 626. The van der Waals surface area contributed by atoms with Crippen molar-refractivity contribution in [3.05, 3.63) is 84.1 Å². The van der Waals surface area contributed by atoms with Gasteiger partial charge in [-0.3, -0.25) is 0 Å². The van der Waals surface area contributed by atoms with Crippen molar-refractivity contribution >= 4 is 5.97 Å². The molecule has 2 rings (SSSR count). The molecule has 112 valence electrons. The van der Waals surface area contributed by atoms with Gasteiger partial charge in [0.25, 0.3) is 0 Å². The second-order valence-electron chi connectivity index (χ2n) is 4.58. The summed E-state index contributed by atoms with van der Waals surface area (Å²) in [5, 5.41) is 0. The van der Waals surface area contributed by atoms with E-state index >= 15 is 0 Å². The molecule has 0 aliphatic rings. The number of rotatable bonds is 7. The van der Waals surface area contributed by atoms with Crippen LogP contribution in [0.4, 0.5) is 0 Å². The Hall–Kier alpha value is -2.61. The molecule has 2 aromatic carbocycles. The maximum atomic E-state index is 11.5. The first-order valence-electron chi connectivity index (χ1n) is 7.14. The highest BCUT2D eigenvalue weighted by Crippen LogP contribution is 2.08. The molecular formula is C19H18O3. The van der Waals surface area contributed by atoms with E-state index in [-0.39, 0.29) is 0 Å². The molecule has 0 aliphatic heterocycles. The lowest BCUT2D eigenvalue weighted by atomic mass is 10.2. The summed E-state index contributed by atoms with van der Waals surface area (Å²) in [4.78, 5) is 11.5. The second kappa shape index (κ2) is 9.35. The van der Waals surface area contributed by atoms with Crippen molar-refractivity contribution < 1.29 is 14.3 Å². The van der Waals surface area contributed by atoms with Crippen molar-refractivity contribution in [2.75, 3.05) is 6.61 Å². The molecule has 22 heavy (non-hydrogen) atoms. The minimum absolute atomic E-state index is 0.437. The first-order chi connectivity index (χ1) is 10.8. The Balaban J connectivity index is 1.63. The van der Waals surface area contributed by atoms with Gasteiger partial charge in [-0.25, -0.2) is 4.79 Å². The third-order valence-electron chi connectivity index (χ3n) is 2.80. The van der Waals surface area contributed by atoms with Crippen molar-refractivity contribution in [1.82, 2.24) is 0 Å². The Morgan fingerprint density at radius 1 is 1.00 bits per heavy atom. The van der Waals surface area contributed by atoms with Gasteiger partial charge in [0, 0.05) is 0 Å². The predicted octanol–water partition coefficient (Wildman–Crippen LogP) is 3.91. The lowest BCUT2D eigenvalue weighted by molar-refractivity contribution is -0.128. The van der Waals surface area contributed by atoms with E-state index in [9.17, 15) is 4.79 Å². The smallest absolute Gasteiger partial charge is 0.343 e. The molecule has 0 spiro atoms. The summed E-state index contributed by atoms with van der Waals surface area (Å²) in [7, 11) is 0. The second-order valence-corrected chi connectivity index (χ2v) is 4.58. The zero-order valence-corrected chi connectivity index (χ0v) is 12.3. The Morgan fingerprint density at radius 3 is 2.41 bits per heavy atom. The largest absolute Gasteiger partial charge is 0.423 e. The number of carbonyl (C=O) groups excluding carboxylic acids is 1. The van der Waals surface area contributed by atoms with E-state index in [0.717, 1.165) is 5.56 Å². The first kappa shape index (κ1) is 15.8. The summed E-state index contributed by atoms with van der Waals surface area (Å²) in [5.74, 6) is 0.0874. The molecule has 0 radical (unpaired) electrons. The van der Waals surface area contributed by atoms with Crippen LogP contribution in [-0.2, 0) is 16.1 Å². The molecule has 0 saturated carbocycles. The van der Waals surface area contributed by atoms with Gasteiger partial charge in [-0.05, 0) is 30.2 Å². The molecule has 3 nitrogen and oxygen atoms in total. The Labute approximate surface area is 130 Å². The van der Waals surface area contributed by atoms with E-state index in [0.29, 0.717) is 25.4 Å². The van der Waals surface area contributed by atoms with Gasteiger partial charge in [-0.15, -0.1) is 5.73 Å². The fourth-order valence-corrected chi connectivity index (χ4v) is 1.75. The molecule has 0 unspecified atom stereocenters. The van der Waals surface area contributed by atoms with Gasteiger partial charge in [-0.2, -0.15) is 0 Å². The molecule has 0 N–H and O–H groups in total. The molecule has 0 bridgehead atoms. The maximum Gasteiger partial charge on any atom is 0.343 e. The van der Waals surface area contributed by atoms with Gasteiger partial charge < -0.3 is 9.47 Å². The molecule has 0 aromatic heterocycles. The molecule has 0 fully saturated rings. The SMILES string of the molecule is O=C(C=C=CCCOCc1ccccc1)Oc1ccccc1. The monoisotopic (exact) mass is 294 g/mol. The van der Waals surface area contributed by atoms with E-state index in [2.05, 4.69) is 5.73 Å². The molecule has 0 atom stereocenters. The highest BCUT2D eigenvalue weighted by Gasteiger charge is 1.97. The van der Waals surface area contributed by atoms with Crippen LogP contribution in [0.15, 0.2) is 78.5 Å². The lowest BCUT2D eigenvalue weighted by Crippen LogP contribution is -2.02. The highest BCUT2D eigenvalue weighted by atomic mass is 16.5. The summed E-state index contributed by atoms with van der Waals surface area (Å²) in [6, 6.07) is 18.9. The quantitative estimate of drug-likeness (QED) is 0.255. The maximum absolute atomic E-state index is 11.5. The van der Waals surface area contributed by atoms with Crippen LogP contribution >= 0.6 is 0 Å². The van der Waals surface area contributed by atoms with Crippen molar-refractivity contribution in [1.29, 1.82) is 0 Å². The lowest BCUT2D eigenvalue weighted by Gasteiger charge is -2.01. The van der Waals surface area contributed by atoms with E-state index < -0.39 is 5.97 Å². The van der Waals surface area contributed by atoms with Crippen molar-refractivity contribution in [2.45, 2.75) is 13.0 Å². The molecule has 3 heteroatoms. The average Bonchev–Trinajstić information content (AvgIpc) is 2.56. The minimum Gasteiger partial charge on any atom is -0.423 e. The van der Waals surface area contributed by atoms with Crippen LogP contribution in [0.25, 0.3) is 0 Å². The van der Waals surface area contributed by atoms with Gasteiger partial charge in [-0.1, -0.05) is 48.5 Å². The van der Waals surface area contributed by atoms with Crippen LogP contribution in [0.3, 0.4) is 0 Å². The van der Waals surface area contributed by atoms with E-state index in [4.69, 9.17) is 9.47 Å². The number of esters is 1. The molecular weight excluding hydrogens is 276 g/mol. The molecule has 0 saturated heterocycles. The highest BCUT2D eigenvalue weighted by molar-refractivity contribution is 5.83. The Kier molecular flexibility index (Phi) is 6.70. The van der Waals surface area contributed by atoms with Crippen LogP contribution in [0.2, 0.25) is 0 Å². The fourth-order valence-electron chi connectivity index (χ4n) is 1.75. The summed E-state index contributed by atoms with van der Waals surface area (Å²) < 4.78 is 10.6. The molecule has 0 amide bonds. The first-order valence-corrected chi connectivity index (χ1v) is 7.14. The zero-order chi connectivity index (χ0) is 15.5. The van der Waals surface area contributed by atoms with Gasteiger partial charge in [0.05, 0.1) is 19.3 Å². The third-order valence-corrected chi connectivity index (χ3v) is 2.80. The van der Waals surface area contributed by atoms with Crippen molar-refractivity contribution in [3.8, 4) is 5.75 Å². The third kappa shape index (κ3) is 6.23.